The van der Waals surface area contributed by atoms with Crippen LogP contribution < -0.4 is 11.1 Å². The molecule has 3 N–H and O–H groups in total. The number of hydrogen-bond acceptors (Lipinski definition) is 3. The number of benzene rings is 1. The fourth-order valence-electron chi connectivity index (χ4n) is 1.69. The molecule has 0 fully saturated rings. The van der Waals surface area contributed by atoms with Crippen LogP contribution in [-0.2, 0) is 11.3 Å². The van der Waals surface area contributed by atoms with Crippen LogP contribution in [0, 0.1) is 12.3 Å². The number of terminal acetylenes is 1. The highest BCUT2D eigenvalue weighted by Gasteiger charge is 2.18. The Bertz CT molecular complexity index is 664. The van der Waals surface area contributed by atoms with Gasteiger partial charge in [-0.25, -0.2) is 0 Å². The van der Waals surface area contributed by atoms with E-state index in [0.717, 1.165) is 5.39 Å². The summed E-state index contributed by atoms with van der Waals surface area (Å²) in [7, 11) is 0. The Morgan fingerprint density at radius 2 is 2.11 bits per heavy atom. The number of nitrogens with two attached hydrogens (primary N) is 1. The molecule has 5 heteroatoms. The SMILES string of the molecule is C#CC(=O)NCc1c(C(N)=O)oc2ccccc12. The molecule has 0 atom stereocenters. The highest BCUT2D eigenvalue weighted by molar-refractivity contribution is 5.99. The predicted octanol–water partition coefficient (Wildman–Crippen LogP) is 0.781. The van der Waals surface area contributed by atoms with Crippen LogP contribution in [0.3, 0.4) is 0 Å². The van der Waals surface area contributed by atoms with Gasteiger partial charge in [0.15, 0.2) is 5.76 Å². The maximum Gasteiger partial charge on any atom is 0.295 e. The summed E-state index contributed by atoms with van der Waals surface area (Å²) in [5.41, 5.74) is 6.30. The molecule has 0 aliphatic heterocycles. The summed E-state index contributed by atoms with van der Waals surface area (Å²) in [6.07, 6.45) is 4.94. The molecule has 1 aromatic heterocycles. The maximum atomic E-state index is 11.3. The van der Waals surface area contributed by atoms with Gasteiger partial charge in [-0.15, -0.1) is 6.42 Å². The summed E-state index contributed by atoms with van der Waals surface area (Å²) in [4.78, 5) is 22.3. The van der Waals surface area contributed by atoms with Crippen molar-refractivity contribution in [3.05, 3.63) is 35.6 Å². The van der Waals surface area contributed by atoms with Crippen molar-refractivity contribution in [3.63, 3.8) is 0 Å². The van der Waals surface area contributed by atoms with Crippen LogP contribution in [-0.4, -0.2) is 11.8 Å². The lowest BCUT2D eigenvalue weighted by Gasteiger charge is -2.00. The summed E-state index contributed by atoms with van der Waals surface area (Å²) < 4.78 is 5.35. The molecule has 0 radical (unpaired) electrons. The average molecular weight is 242 g/mol. The molecule has 18 heavy (non-hydrogen) atoms. The molecule has 2 amide bonds. The number of furan rings is 1. The third kappa shape index (κ3) is 2.04. The van der Waals surface area contributed by atoms with Crippen molar-refractivity contribution in [2.24, 2.45) is 5.73 Å². The second kappa shape index (κ2) is 4.63. The van der Waals surface area contributed by atoms with Crippen LogP contribution in [0.1, 0.15) is 16.1 Å². The second-order valence-corrected chi connectivity index (χ2v) is 3.60. The molecule has 0 aliphatic rings. The molecule has 5 nitrogen and oxygen atoms in total. The number of carbonyl (C=O) groups is 2. The van der Waals surface area contributed by atoms with E-state index in [9.17, 15) is 9.59 Å². The highest BCUT2D eigenvalue weighted by atomic mass is 16.3. The Morgan fingerprint density at radius 3 is 2.78 bits per heavy atom. The van der Waals surface area contributed by atoms with Crippen LogP contribution in [0.5, 0.6) is 0 Å². The minimum Gasteiger partial charge on any atom is -0.451 e. The van der Waals surface area contributed by atoms with Crippen molar-refractivity contribution in [3.8, 4) is 12.3 Å². The predicted molar refractivity (Wildman–Crippen MR) is 65.4 cm³/mol. The molecule has 1 heterocycles. The van der Waals surface area contributed by atoms with Crippen LogP contribution in [0.2, 0.25) is 0 Å². The molecule has 2 aromatic rings. The number of nitrogens with one attached hydrogen (secondary N) is 1. The number of rotatable bonds is 3. The first-order valence-corrected chi connectivity index (χ1v) is 5.18. The number of hydrogen-bond donors (Lipinski definition) is 2. The van der Waals surface area contributed by atoms with E-state index in [1.165, 1.54) is 0 Å². The Labute approximate surface area is 103 Å². The highest BCUT2D eigenvalue weighted by Crippen LogP contribution is 2.25. The quantitative estimate of drug-likeness (QED) is 0.780. The zero-order valence-corrected chi connectivity index (χ0v) is 9.40. The maximum absolute atomic E-state index is 11.3. The third-order valence-corrected chi connectivity index (χ3v) is 2.48. The van der Waals surface area contributed by atoms with Crippen molar-refractivity contribution >= 4 is 22.8 Å². The van der Waals surface area contributed by atoms with Gasteiger partial charge in [0.05, 0.1) is 0 Å². The molecule has 2 rings (SSSR count). The van der Waals surface area contributed by atoms with Gasteiger partial charge in [-0.1, -0.05) is 18.2 Å². The monoisotopic (exact) mass is 242 g/mol. The van der Waals surface area contributed by atoms with Gasteiger partial charge >= 0.3 is 0 Å². The Hall–Kier alpha value is -2.74. The summed E-state index contributed by atoms with van der Waals surface area (Å²) in [5.74, 6) is 0.719. The van der Waals surface area contributed by atoms with Gasteiger partial charge in [-0.2, -0.15) is 0 Å². The van der Waals surface area contributed by atoms with E-state index in [0.29, 0.717) is 11.1 Å². The first-order chi connectivity index (χ1) is 8.63. The lowest BCUT2D eigenvalue weighted by atomic mass is 10.1. The molecule has 0 saturated carbocycles. The van der Waals surface area contributed by atoms with E-state index >= 15 is 0 Å². The van der Waals surface area contributed by atoms with Gasteiger partial charge in [0.1, 0.15) is 5.58 Å². The molecule has 0 saturated heterocycles. The molecular formula is C13H10N2O3. The van der Waals surface area contributed by atoms with Gasteiger partial charge in [0.2, 0.25) is 0 Å². The lowest BCUT2D eigenvalue weighted by molar-refractivity contribution is -0.115. The minimum atomic E-state index is -0.684. The smallest absolute Gasteiger partial charge is 0.295 e. The zero-order valence-electron chi connectivity index (χ0n) is 9.40. The molecule has 90 valence electrons. The molecule has 0 aliphatic carbocycles. The van der Waals surface area contributed by atoms with Crippen molar-refractivity contribution in [1.82, 2.24) is 5.32 Å². The van der Waals surface area contributed by atoms with Gasteiger partial charge < -0.3 is 15.5 Å². The second-order valence-electron chi connectivity index (χ2n) is 3.60. The molecular weight excluding hydrogens is 232 g/mol. The first-order valence-electron chi connectivity index (χ1n) is 5.18. The Balaban J connectivity index is 2.46. The fourth-order valence-corrected chi connectivity index (χ4v) is 1.69. The summed E-state index contributed by atoms with van der Waals surface area (Å²) >= 11 is 0. The number of para-hydroxylation sites is 1. The molecule has 0 bridgehead atoms. The Morgan fingerprint density at radius 1 is 1.39 bits per heavy atom. The molecule has 1 aromatic carbocycles. The van der Waals surface area contributed by atoms with E-state index in [-0.39, 0.29) is 12.3 Å². The standard InChI is InChI=1S/C13H10N2O3/c1-2-11(16)15-7-9-8-5-3-4-6-10(8)18-12(9)13(14)17/h1,3-6H,7H2,(H2,14,17)(H,15,16). The van der Waals surface area contributed by atoms with E-state index in [4.69, 9.17) is 16.6 Å². The summed E-state index contributed by atoms with van der Waals surface area (Å²) in [5, 5.41) is 3.20. The largest absolute Gasteiger partial charge is 0.451 e. The normalized spacial score (nSPS) is 9.94. The van der Waals surface area contributed by atoms with Crippen LogP contribution in [0.15, 0.2) is 28.7 Å². The van der Waals surface area contributed by atoms with Crippen molar-refractivity contribution in [2.45, 2.75) is 6.54 Å². The van der Waals surface area contributed by atoms with E-state index < -0.39 is 11.8 Å². The summed E-state index contributed by atoms with van der Waals surface area (Å²) in [6, 6.07) is 7.08. The van der Waals surface area contributed by atoms with Gasteiger partial charge in [-0.05, 0) is 12.0 Å². The van der Waals surface area contributed by atoms with Crippen molar-refractivity contribution in [1.29, 1.82) is 0 Å². The number of fused-ring (bicyclic) bond motifs is 1. The van der Waals surface area contributed by atoms with E-state index in [1.54, 1.807) is 24.3 Å². The Kier molecular flexibility index (Phi) is 3.02. The summed E-state index contributed by atoms with van der Waals surface area (Å²) in [6.45, 7) is 0.0956. The number of carbonyl (C=O) groups excluding carboxylic acids is 2. The minimum absolute atomic E-state index is 0.0357. The number of amides is 2. The van der Waals surface area contributed by atoms with Gasteiger partial charge in [0, 0.05) is 17.5 Å². The molecule has 0 spiro atoms. The molecule has 0 unspecified atom stereocenters. The van der Waals surface area contributed by atoms with Crippen molar-refractivity contribution < 1.29 is 14.0 Å². The lowest BCUT2D eigenvalue weighted by Crippen LogP contribution is -2.22. The van der Waals surface area contributed by atoms with E-state index in [2.05, 4.69) is 5.32 Å². The zero-order chi connectivity index (χ0) is 13.1. The number of primary amides is 1. The topological polar surface area (TPSA) is 85.3 Å². The van der Waals surface area contributed by atoms with Crippen molar-refractivity contribution in [2.75, 3.05) is 0 Å². The van der Waals surface area contributed by atoms with Crippen LogP contribution >= 0.6 is 0 Å². The average Bonchev–Trinajstić information content (AvgIpc) is 2.75. The van der Waals surface area contributed by atoms with Gasteiger partial charge in [0.25, 0.3) is 11.8 Å². The fraction of sp³-hybridized carbons (Fsp3) is 0.0769. The van der Waals surface area contributed by atoms with Crippen LogP contribution in [0.25, 0.3) is 11.0 Å². The van der Waals surface area contributed by atoms with Gasteiger partial charge in [-0.3, -0.25) is 9.59 Å². The first kappa shape index (κ1) is 11.7. The third-order valence-electron chi connectivity index (χ3n) is 2.48. The van der Waals surface area contributed by atoms with E-state index in [1.807, 2.05) is 5.92 Å². The van der Waals surface area contributed by atoms with Crippen LogP contribution in [0.4, 0.5) is 0 Å².